The van der Waals surface area contributed by atoms with E-state index in [1.807, 2.05) is 0 Å². The third-order valence-electron chi connectivity index (χ3n) is 3.78. The van der Waals surface area contributed by atoms with Crippen molar-refractivity contribution in [2.75, 3.05) is 13.2 Å². The van der Waals surface area contributed by atoms with E-state index in [2.05, 4.69) is 0 Å². The molecule has 1 amide bonds. The summed E-state index contributed by atoms with van der Waals surface area (Å²) in [5.74, 6) is 0. The lowest BCUT2D eigenvalue weighted by atomic mass is 9.62. The first kappa shape index (κ1) is 13.5. The molecule has 2 saturated heterocycles. The highest BCUT2D eigenvalue weighted by atomic mass is 19.3. The first-order chi connectivity index (χ1) is 8.14. The first-order valence-electron chi connectivity index (χ1n) is 6.04. The maximum Gasteiger partial charge on any atom is 0.410 e. The van der Waals surface area contributed by atoms with Gasteiger partial charge in [0.2, 0.25) is 6.43 Å². The fourth-order valence-corrected chi connectivity index (χ4v) is 3.04. The van der Waals surface area contributed by atoms with Gasteiger partial charge >= 0.3 is 6.09 Å². The van der Waals surface area contributed by atoms with Crippen molar-refractivity contribution in [3.05, 3.63) is 0 Å². The molecule has 0 atom stereocenters. The fraction of sp³-hybridized carbons (Fsp3) is 0.917. The van der Waals surface area contributed by atoms with E-state index in [0.29, 0.717) is 0 Å². The number of amides is 1. The van der Waals surface area contributed by atoms with E-state index in [0.717, 1.165) is 0 Å². The molecule has 3 aliphatic rings. The van der Waals surface area contributed by atoms with Crippen molar-refractivity contribution in [1.29, 1.82) is 0 Å². The van der Waals surface area contributed by atoms with Crippen molar-refractivity contribution < 1.29 is 23.4 Å². The average molecular weight is 263 g/mol. The standard InChI is InChI=1S/C12H19F2NO3/c1-10(2,3)18-9(17)15-6-11(8(13)14)4-12(15,5-11)7-16/h8,16H,4-7H2,1-3H3. The quantitative estimate of drug-likeness (QED) is 0.829. The molecule has 1 N–H and O–H groups in total. The first-order valence-corrected chi connectivity index (χ1v) is 6.04. The lowest BCUT2D eigenvalue weighted by Gasteiger charge is -2.45. The van der Waals surface area contributed by atoms with E-state index in [4.69, 9.17) is 4.74 Å². The lowest BCUT2D eigenvalue weighted by Crippen LogP contribution is -2.55. The number of hydrogen-bond donors (Lipinski definition) is 1. The number of alkyl halides is 2. The highest BCUT2D eigenvalue weighted by molar-refractivity contribution is 5.71. The molecule has 3 rings (SSSR count). The Labute approximate surface area is 105 Å². The second-order valence-corrected chi connectivity index (χ2v) is 6.47. The second-order valence-electron chi connectivity index (χ2n) is 6.47. The van der Waals surface area contributed by atoms with Crippen LogP contribution in [-0.2, 0) is 4.74 Å². The van der Waals surface area contributed by atoms with E-state index < -0.39 is 29.1 Å². The molecule has 0 unspecified atom stereocenters. The van der Waals surface area contributed by atoms with Crippen molar-refractivity contribution in [3.63, 3.8) is 0 Å². The molecule has 2 bridgehead atoms. The number of aliphatic hydroxyl groups excluding tert-OH is 1. The lowest BCUT2D eigenvalue weighted by molar-refractivity contribution is -0.0763. The number of hydrogen-bond acceptors (Lipinski definition) is 3. The molecule has 1 saturated carbocycles. The molecule has 3 fully saturated rings. The van der Waals surface area contributed by atoms with Gasteiger partial charge < -0.3 is 9.84 Å². The molecule has 0 spiro atoms. The Bertz CT molecular complexity index is 359. The Morgan fingerprint density at radius 1 is 1.44 bits per heavy atom. The van der Waals surface area contributed by atoms with Crippen molar-refractivity contribution in [3.8, 4) is 0 Å². The molecule has 18 heavy (non-hydrogen) atoms. The Hall–Kier alpha value is -0.910. The van der Waals surface area contributed by atoms with Gasteiger partial charge in [0, 0.05) is 6.54 Å². The normalized spacial score (nSPS) is 34.7. The summed E-state index contributed by atoms with van der Waals surface area (Å²) in [4.78, 5) is 13.3. The predicted octanol–water partition coefficient (Wildman–Crippen LogP) is 2.01. The number of aliphatic hydroxyl groups is 1. The Kier molecular flexibility index (Phi) is 2.85. The SMILES string of the molecule is CC(C)(C)OC(=O)N1CC2(C(F)F)CC1(CO)C2. The van der Waals surface area contributed by atoms with Gasteiger partial charge in [-0.05, 0) is 33.6 Å². The number of fused-ring (bicyclic) bond motifs is 1. The van der Waals surface area contributed by atoms with Gasteiger partial charge in [0.15, 0.2) is 0 Å². The maximum absolute atomic E-state index is 13.0. The number of halogens is 2. The van der Waals surface area contributed by atoms with Gasteiger partial charge in [0.25, 0.3) is 0 Å². The molecule has 104 valence electrons. The van der Waals surface area contributed by atoms with Crippen LogP contribution in [0.3, 0.4) is 0 Å². The molecule has 0 aromatic carbocycles. The van der Waals surface area contributed by atoms with Crippen LogP contribution in [0, 0.1) is 5.41 Å². The van der Waals surface area contributed by atoms with Crippen LogP contribution in [-0.4, -0.2) is 46.8 Å². The fourth-order valence-electron chi connectivity index (χ4n) is 3.04. The summed E-state index contributed by atoms with van der Waals surface area (Å²) in [6.45, 7) is 4.85. The minimum absolute atomic E-state index is 0.0276. The number of nitrogens with zero attached hydrogens (tertiary/aromatic N) is 1. The van der Waals surface area contributed by atoms with Crippen LogP contribution in [0.5, 0.6) is 0 Å². The van der Waals surface area contributed by atoms with E-state index in [-0.39, 0.29) is 26.0 Å². The van der Waals surface area contributed by atoms with Crippen LogP contribution in [0.15, 0.2) is 0 Å². The van der Waals surface area contributed by atoms with Gasteiger partial charge in [0.05, 0.1) is 17.6 Å². The summed E-state index contributed by atoms with van der Waals surface area (Å²) in [6.07, 6.45) is -2.76. The van der Waals surface area contributed by atoms with E-state index in [1.54, 1.807) is 20.8 Å². The van der Waals surface area contributed by atoms with Crippen molar-refractivity contribution >= 4 is 6.09 Å². The van der Waals surface area contributed by atoms with Crippen LogP contribution < -0.4 is 0 Å². The summed E-state index contributed by atoms with van der Waals surface area (Å²) in [5.41, 5.74) is -2.64. The molecule has 2 heterocycles. The Balaban J connectivity index is 2.13. The molecular weight excluding hydrogens is 244 g/mol. The van der Waals surface area contributed by atoms with Gasteiger partial charge in [-0.2, -0.15) is 0 Å². The van der Waals surface area contributed by atoms with Crippen molar-refractivity contribution in [2.45, 2.75) is 51.2 Å². The molecule has 6 heteroatoms. The Morgan fingerprint density at radius 3 is 2.39 bits per heavy atom. The highest BCUT2D eigenvalue weighted by Crippen LogP contribution is 2.62. The summed E-state index contributed by atoms with van der Waals surface area (Å²) in [5, 5.41) is 9.38. The van der Waals surface area contributed by atoms with Crippen LogP contribution >= 0.6 is 0 Å². The summed E-state index contributed by atoms with van der Waals surface area (Å²) in [7, 11) is 0. The van der Waals surface area contributed by atoms with Crippen LogP contribution in [0.2, 0.25) is 0 Å². The third kappa shape index (κ3) is 1.86. The Morgan fingerprint density at radius 2 is 2.00 bits per heavy atom. The molecule has 0 aromatic rings. The van der Waals surface area contributed by atoms with Crippen LogP contribution in [0.1, 0.15) is 33.6 Å². The van der Waals surface area contributed by atoms with Gasteiger partial charge in [0.1, 0.15) is 5.60 Å². The highest BCUT2D eigenvalue weighted by Gasteiger charge is 2.70. The van der Waals surface area contributed by atoms with Gasteiger partial charge in [-0.25, -0.2) is 13.6 Å². The second kappa shape index (κ2) is 3.79. The van der Waals surface area contributed by atoms with E-state index in [1.165, 1.54) is 4.90 Å². The summed E-state index contributed by atoms with van der Waals surface area (Å²) in [6, 6.07) is 0. The van der Waals surface area contributed by atoms with Crippen LogP contribution in [0.4, 0.5) is 13.6 Å². The topological polar surface area (TPSA) is 49.8 Å². The van der Waals surface area contributed by atoms with Gasteiger partial charge in [-0.3, -0.25) is 4.90 Å². The zero-order valence-corrected chi connectivity index (χ0v) is 10.9. The smallest absolute Gasteiger partial charge is 0.410 e. The largest absolute Gasteiger partial charge is 0.444 e. The van der Waals surface area contributed by atoms with E-state index in [9.17, 15) is 18.7 Å². The number of ether oxygens (including phenoxy) is 1. The zero-order valence-electron chi connectivity index (χ0n) is 10.9. The molecule has 0 aromatic heterocycles. The minimum atomic E-state index is -2.47. The van der Waals surface area contributed by atoms with Crippen LogP contribution in [0.25, 0.3) is 0 Å². The summed E-state index contributed by atoms with van der Waals surface area (Å²) < 4.78 is 31.2. The monoisotopic (exact) mass is 263 g/mol. The third-order valence-corrected chi connectivity index (χ3v) is 3.78. The number of rotatable bonds is 2. The number of carbonyl (C=O) groups is 1. The molecular formula is C12H19F2NO3. The van der Waals surface area contributed by atoms with Gasteiger partial charge in [-0.15, -0.1) is 0 Å². The molecule has 2 aliphatic heterocycles. The predicted molar refractivity (Wildman–Crippen MR) is 60.4 cm³/mol. The molecule has 0 radical (unpaired) electrons. The average Bonchev–Trinajstić information content (AvgIpc) is 2.64. The molecule has 4 nitrogen and oxygen atoms in total. The van der Waals surface area contributed by atoms with Crippen molar-refractivity contribution in [1.82, 2.24) is 4.90 Å². The number of carbonyl (C=O) groups excluding carboxylic acids is 1. The van der Waals surface area contributed by atoms with E-state index >= 15 is 0 Å². The van der Waals surface area contributed by atoms with Crippen molar-refractivity contribution in [2.24, 2.45) is 5.41 Å². The zero-order chi connectivity index (χ0) is 13.8. The minimum Gasteiger partial charge on any atom is -0.444 e. The van der Waals surface area contributed by atoms with Gasteiger partial charge in [-0.1, -0.05) is 0 Å². The maximum atomic E-state index is 13.0. The molecule has 1 aliphatic carbocycles. The summed E-state index contributed by atoms with van der Waals surface area (Å²) >= 11 is 0.